The SMILES string of the molecule is Cc1nc(C(=O)Nc2c(C)nn(C)c2Oc2cccc(F)c2)cs1. The van der Waals surface area contributed by atoms with E-state index in [2.05, 4.69) is 15.4 Å². The van der Waals surface area contributed by atoms with Crippen LogP contribution in [0.2, 0.25) is 0 Å². The highest BCUT2D eigenvalue weighted by Crippen LogP contribution is 2.32. The predicted molar refractivity (Wildman–Crippen MR) is 89.2 cm³/mol. The van der Waals surface area contributed by atoms with Gasteiger partial charge in [-0.2, -0.15) is 5.10 Å². The average molecular weight is 346 g/mol. The Bertz CT molecular complexity index is 903. The van der Waals surface area contributed by atoms with Crippen molar-refractivity contribution < 1.29 is 13.9 Å². The van der Waals surface area contributed by atoms with Gasteiger partial charge in [-0.05, 0) is 26.0 Å². The third-order valence-corrected chi connectivity index (χ3v) is 4.04. The maximum absolute atomic E-state index is 13.3. The molecule has 8 heteroatoms. The smallest absolute Gasteiger partial charge is 0.275 e. The van der Waals surface area contributed by atoms with E-state index >= 15 is 0 Å². The first kappa shape index (κ1) is 16.1. The van der Waals surface area contributed by atoms with Gasteiger partial charge in [0, 0.05) is 18.5 Å². The number of amides is 1. The summed E-state index contributed by atoms with van der Waals surface area (Å²) in [7, 11) is 1.68. The van der Waals surface area contributed by atoms with Gasteiger partial charge in [0.1, 0.15) is 22.9 Å². The van der Waals surface area contributed by atoms with E-state index in [9.17, 15) is 9.18 Å². The summed E-state index contributed by atoms with van der Waals surface area (Å²) in [5, 5.41) is 9.50. The van der Waals surface area contributed by atoms with Gasteiger partial charge in [0.2, 0.25) is 5.88 Å². The summed E-state index contributed by atoms with van der Waals surface area (Å²) in [6, 6.07) is 5.76. The van der Waals surface area contributed by atoms with Crippen molar-refractivity contribution in [3.8, 4) is 11.6 Å². The number of carbonyl (C=O) groups excluding carboxylic acids is 1. The van der Waals surface area contributed by atoms with Crippen LogP contribution < -0.4 is 10.1 Å². The fourth-order valence-corrected chi connectivity index (χ4v) is 2.78. The molecule has 0 saturated heterocycles. The minimum Gasteiger partial charge on any atom is -0.437 e. The number of ether oxygens (including phenoxy) is 1. The number of carbonyl (C=O) groups is 1. The lowest BCUT2D eigenvalue weighted by atomic mass is 10.3. The molecule has 0 spiro atoms. The molecule has 1 N–H and O–H groups in total. The van der Waals surface area contributed by atoms with Gasteiger partial charge in [-0.1, -0.05) is 6.07 Å². The van der Waals surface area contributed by atoms with Gasteiger partial charge in [-0.15, -0.1) is 11.3 Å². The zero-order valence-electron chi connectivity index (χ0n) is 13.3. The van der Waals surface area contributed by atoms with E-state index in [0.717, 1.165) is 5.01 Å². The number of benzene rings is 1. The first-order valence-electron chi connectivity index (χ1n) is 7.14. The van der Waals surface area contributed by atoms with Crippen molar-refractivity contribution in [2.75, 3.05) is 5.32 Å². The summed E-state index contributed by atoms with van der Waals surface area (Å²) in [6.07, 6.45) is 0. The Hall–Kier alpha value is -2.74. The second kappa shape index (κ2) is 6.40. The molecule has 3 rings (SSSR count). The number of nitrogens with zero attached hydrogens (tertiary/aromatic N) is 3. The highest BCUT2D eigenvalue weighted by molar-refractivity contribution is 7.09. The van der Waals surface area contributed by atoms with Crippen LogP contribution in [-0.2, 0) is 7.05 Å². The molecule has 1 aromatic carbocycles. The summed E-state index contributed by atoms with van der Waals surface area (Å²) >= 11 is 1.40. The highest BCUT2D eigenvalue weighted by Gasteiger charge is 2.20. The Morgan fingerprint density at radius 2 is 2.17 bits per heavy atom. The van der Waals surface area contributed by atoms with Crippen LogP contribution >= 0.6 is 11.3 Å². The van der Waals surface area contributed by atoms with Crippen molar-refractivity contribution in [3.05, 3.63) is 51.9 Å². The van der Waals surface area contributed by atoms with E-state index in [1.54, 1.807) is 31.5 Å². The van der Waals surface area contributed by atoms with Crippen LogP contribution in [0, 0.1) is 19.7 Å². The van der Waals surface area contributed by atoms with Crippen LogP contribution in [0.4, 0.5) is 10.1 Å². The highest BCUT2D eigenvalue weighted by atomic mass is 32.1. The molecule has 0 saturated carbocycles. The summed E-state index contributed by atoms with van der Waals surface area (Å²) in [6.45, 7) is 3.58. The number of rotatable bonds is 4. The molecular weight excluding hydrogens is 331 g/mol. The lowest BCUT2D eigenvalue weighted by Gasteiger charge is -2.09. The predicted octanol–water partition coefficient (Wildman–Crippen LogP) is 3.68. The van der Waals surface area contributed by atoms with E-state index in [-0.39, 0.29) is 5.91 Å². The minimum absolute atomic E-state index is 0.318. The minimum atomic E-state index is -0.407. The van der Waals surface area contributed by atoms with Gasteiger partial charge < -0.3 is 10.1 Å². The molecule has 0 fully saturated rings. The monoisotopic (exact) mass is 346 g/mol. The van der Waals surface area contributed by atoms with Gasteiger partial charge in [0.25, 0.3) is 5.91 Å². The van der Waals surface area contributed by atoms with Crippen molar-refractivity contribution in [1.29, 1.82) is 0 Å². The molecule has 0 bridgehead atoms. The van der Waals surface area contributed by atoms with Crippen molar-refractivity contribution in [2.45, 2.75) is 13.8 Å². The fourth-order valence-electron chi connectivity index (χ4n) is 2.19. The van der Waals surface area contributed by atoms with Crippen LogP contribution in [0.25, 0.3) is 0 Å². The molecule has 124 valence electrons. The number of aryl methyl sites for hydroxylation is 3. The molecule has 3 aromatic rings. The molecular formula is C16H15FN4O2S. The van der Waals surface area contributed by atoms with Crippen LogP contribution in [0.15, 0.2) is 29.6 Å². The average Bonchev–Trinajstić information content (AvgIpc) is 3.06. The van der Waals surface area contributed by atoms with Crippen molar-refractivity contribution in [2.24, 2.45) is 7.05 Å². The molecule has 1 amide bonds. The van der Waals surface area contributed by atoms with Gasteiger partial charge in [0.05, 0.1) is 10.7 Å². The number of hydrogen-bond acceptors (Lipinski definition) is 5. The van der Waals surface area contributed by atoms with Crippen molar-refractivity contribution in [1.82, 2.24) is 14.8 Å². The Labute approximate surface area is 141 Å². The Morgan fingerprint density at radius 1 is 1.38 bits per heavy atom. The number of hydrogen-bond donors (Lipinski definition) is 1. The molecule has 24 heavy (non-hydrogen) atoms. The zero-order valence-corrected chi connectivity index (χ0v) is 14.1. The summed E-state index contributed by atoms with van der Waals surface area (Å²) in [5.74, 6) is -0.120. The number of halogens is 1. The normalized spacial score (nSPS) is 10.7. The van der Waals surface area contributed by atoms with E-state index in [4.69, 9.17) is 4.74 Å². The van der Waals surface area contributed by atoms with Gasteiger partial charge in [-0.3, -0.25) is 4.79 Å². The van der Waals surface area contributed by atoms with Crippen LogP contribution in [0.5, 0.6) is 11.6 Å². The van der Waals surface area contributed by atoms with E-state index < -0.39 is 5.82 Å². The standard InChI is InChI=1S/C16H15FN4O2S/c1-9-14(19-15(22)13-8-24-10(2)18-13)16(21(3)20-9)23-12-6-4-5-11(17)7-12/h4-8H,1-3H3,(H,19,22). The first-order chi connectivity index (χ1) is 11.4. The largest absolute Gasteiger partial charge is 0.437 e. The van der Waals surface area contributed by atoms with E-state index in [0.29, 0.717) is 28.7 Å². The first-order valence-corrected chi connectivity index (χ1v) is 8.02. The number of anilines is 1. The molecule has 2 aromatic heterocycles. The van der Waals surface area contributed by atoms with Gasteiger partial charge in [0.15, 0.2) is 0 Å². The van der Waals surface area contributed by atoms with Crippen LogP contribution in [0.3, 0.4) is 0 Å². The van der Waals surface area contributed by atoms with Gasteiger partial charge in [-0.25, -0.2) is 14.1 Å². The third-order valence-electron chi connectivity index (χ3n) is 3.27. The maximum Gasteiger partial charge on any atom is 0.275 e. The fraction of sp³-hybridized carbons (Fsp3) is 0.188. The molecule has 0 aliphatic carbocycles. The Balaban J connectivity index is 1.89. The molecule has 6 nitrogen and oxygen atoms in total. The Kier molecular flexibility index (Phi) is 4.30. The third kappa shape index (κ3) is 3.28. The van der Waals surface area contributed by atoms with Crippen molar-refractivity contribution in [3.63, 3.8) is 0 Å². The molecule has 0 radical (unpaired) electrons. The molecule has 2 heterocycles. The molecule has 0 aliphatic heterocycles. The number of thiazole rings is 1. The Morgan fingerprint density at radius 3 is 2.83 bits per heavy atom. The number of aromatic nitrogens is 3. The lowest BCUT2D eigenvalue weighted by molar-refractivity contribution is 0.102. The van der Waals surface area contributed by atoms with E-state index in [1.807, 2.05) is 6.92 Å². The molecule has 0 aliphatic rings. The molecule has 0 atom stereocenters. The summed E-state index contributed by atoms with van der Waals surface area (Å²) in [5.41, 5.74) is 1.35. The molecule has 0 unspecified atom stereocenters. The van der Waals surface area contributed by atoms with Crippen LogP contribution in [-0.4, -0.2) is 20.7 Å². The zero-order chi connectivity index (χ0) is 17.3. The summed E-state index contributed by atoms with van der Waals surface area (Å²) in [4.78, 5) is 16.5. The topological polar surface area (TPSA) is 69.0 Å². The van der Waals surface area contributed by atoms with Gasteiger partial charge >= 0.3 is 0 Å². The summed E-state index contributed by atoms with van der Waals surface area (Å²) < 4.78 is 20.5. The second-order valence-electron chi connectivity index (χ2n) is 5.15. The lowest BCUT2D eigenvalue weighted by Crippen LogP contribution is -2.13. The quantitative estimate of drug-likeness (QED) is 0.782. The number of nitrogens with one attached hydrogen (secondary N) is 1. The maximum atomic E-state index is 13.3. The van der Waals surface area contributed by atoms with E-state index in [1.165, 1.54) is 28.2 Å². The van der Waals surface area contributed by atoms with Crippen LogP contribution in [0.1, 0.15) is 21.2 Å². The second-order valence-corrected chi connectivity index (χ2v) is 6.22. The van der Waals surface area contributed by atoms with Crippen molar-refractivity contribution >= 4 is 22.9 Å².